The zero-order valence-electron chi connectivity index (χ0n) is 11.7. The molecule has 0 unspecified atom stereocenters. The van der Waals surface area contributed by atoms with Crippen molar-refractivity contribution >= 4 is 0 Å². The minimum absolute atomic E-state index is 0.667. The molecule has 0 radical (unpaired) electrons. The second kappa shape index (κ2) is 6.53. The summed E-state index contributed by atoms with van der Waals surface area (Å²) < 4.78 is 5.34. The summed E-state index contributed by atoms with van der Waals surface area (Å²) in [4.78, 5) is 2.59. The summed E-state index contributed by atoms with van der Waals surface area (Å²) in [6, 6.07) is 2.12. The van der Waals surface area contributed by atoms with E-state index in [1.54, 1.807) is 0 Å². The van der Waals surface area contributed by atoms with Crippen LogP contribution in [0.2, 0.25) is 0 Å². The zero-order valence-corrected chi connectivity index (χ0v) is 11.7. The molecule has 4 nitrogen and oxygen atoms in total. The molecule has 106 valence electrons. The predicted molar refractivity (Wildman–Crippen MR) is 75.1 cm³/mol. The third-order valence-electron chi connectivity index (χ3n) is 4.14. The van der Waals surface area contributed by atoms with Gasteiger partial charge in [0, 0.05) is 18.5 Å². The van der Waals surface area contributed by atoms with Crippen molar-refractivity contribution < 1.29 is 4.52 Å². The summed E-state index contributed by atoms with van der Waals surface area (Å²) in [5.74, 6) is 1.76. The van der Waals surface area contributed by atoms with Crippen molar-refractivity contribution in [3.8, 4) is 0 Å². The summed E-state index contributed by atoms with van der Waals surface area (Å²) in [6.45, 7) is 5.75. The first kappa shape index (κ1) is 13.1. The fourth-order valence-corrected chi connectivity index (χ4v) is 2.80. The van der Waals surface area contributed by atoms with E-state index in [0.29, 0.717) is 5.92 Å². The molecule has 1 saturated heterocycles. The first-order valence-corrected chi connectivity index (χ1v) is 7.80. The van der Waals surface area contributed by atoms with Gasteiger partial charge in [-0.3, -0.25) is 0 Å². The average molecular weight is 263 g/mol. The molecule has 2 fully saturated rings. The standard InChI is InChI=1S/C15H25N3O/c1-2-8-18(9-3-1)10-4-7-16-12-14-11-15(19-17-14)13-5-6-13/h11,13,16H,1-10,12H2. The van der Waals surface area contributed by atoms with Crippen LogP contribution in [-0.4, -0.2) is 36.2 Å². The largest absolute Gasteiger partial charge is 0.361 e. The Labute approximate surface area is 115 Å². The van der Waals surface area contributed by atoms with Gasteiger partial charge in [-0.2, -0.15) is 0 Å². The molecule has 0 atom stereocenters. The van der Waals surface area contributed by atoms with Crippen LogP contribution in [0, 0.1) is 0 Å². The fraction of sp³-hybridized carbons (Fsp3) is 0.800. The normalized spacial score (nSPS) is 20.8. The molecule has 1 aromatic heterocycles. The maximum atomic E-state index is 5.34. The summed E-state index contributed by atoms with van der Waals surface area (Å²) in [6.07, 6.45) is 7.97. The van der Waals surface area contributed by atoms with Gasteiger partial charge < -0.3 is 14.7 Å². The Bertz CT molecular complexity index is 380. The van der Waals surface area contributed by atoms with Gasteiger partial charge in [0.05, 0.1) is 5.69 Å². The Morgan fingerprint density at radius 3 is 2.89 bits per heavy atom. The van der Waals surface area contributed by atoms with Crippen LogP contribution < -0.4 is 5.32 Å². The maximum absolute atomic E-state index is 5.34. The van der Waals surface area contributed by atoms with E-state index >= 15 is 0 Å². The van der Waals surface area contributed by atoms with Gasteiger partial charge in [0.25, 0.3) is 0 Å². The van der Waals surface area contributed by atoms with Crippen molar-refractivity contribution in [1.29, 1.82) is 0 Å². The number of likely N-dealkylation sites (tertiary alicyclic amines) is 1. The molecule has 0 bridgehead atoms. The molecule has 0 spiro atoms. The lowest BCUT2D eigenvalue weighted by atomic mass is 10.1. The second-order valence-electron chi connectivity index (χ2n) is 5.93. The van der Waals surface area contributed by atoms with Crippen molar-refractivity contribution in [2.45, 2.75) is 51.0 Å². The third-order valence-corrected chi connectivity index (χ3v) is 4.14. The molecule has 19 heavy (non-hydrogen) atoms. The lowest BCUT2D eigenvalue weighted by Crippen LogP contribution is -2.32. The Morgan fingerprint density at radius 1 is 1.26 bits per heavy atom. The predicted octanol–water partition coefficient (Wildman–Crippen LogP) is 2.52. The van der Waals surface area contributed by atoms with E-state index in [1.165, 1.54) is 58.2 Å². The SMILES string of the molecule is c1c(CNCCCN2CCCCC2)noc1C1CC1. The Morgan fingerprint density at radius 2 is 2.11 bits per heavy atom. The van der Waals surface area contributed by atoms with Crippen LogP contribution in [0.1, 0.15) is 55.9 Å². The maximum Gasteiger partial charge on any atom is 0.140 e. The van der Waals surface area contributed by atoms with Crippen molar-refractivity contribution in [2.24, 2.45) is 0 Å². The minimum atomic E-state index is 0.667. The van der Waals surface area contributed by atoms with Gasteiger partial charge in [-0.1, -0.05) is 11.6 Å². The van der Waals surface area contributed by atoms with Gasteiger partial charge in [0.2, 0.25) is 0 Å². The van der Waals surface area contributed by atoms with E-state index in [-0.39, 0.29) is 0 Å². The van der Waals surface area contributed by atoms with Crippen LogP contribution >= 0.6 is 0 Å². The fourth-order valence-electron chi connectivity index (χ4n) is 2.80. The molecule has 1 saturated carbocycles. The Balaban J connectivity index is 1.27. The van der Waals surface area contributed by atoms with E-state index in [9.17, 15) is 0 Å². The van der Waals surface area contributed by atoms with E-state index in [2.05, 4.69) is 21.4 Å². The number of hydrogen-bond acceptors (Lipinski definition) is 4. The number of piperidine rings is 1. The van der Waals surface area contributed by atoms with Crippen molar-refractivity contribution in [1.82, 2.24) is 15.4 Å². The summed E-state index contributed by atoms with van der Waals surface area (Å²) >= 11 is 0. The quantitative estimate of drug-likeness (QED) is 0.768. The molecular weight excluding hydrogens is 238 g/mol. The van der Waals surface area contributed by atoms with E-state index in [4.69, 9.17) is 4.52 Å². The van der Waals surface area contributed by atoms with Crippen molar-refractivity contribution in [3.05, 3.63) is 17.5 Å². The molecule has 0 amide bonds. The van der Waals surface area contributed by atoms with Crippen LogP contribution in [0.3, 0.4) is 0 Å². The van der Waals surface area contributed by atoms with Crippen LogP contribution in [-0.2, 0) is 6.54 Å². The summed E-state index contributed by atoms with van der Waals surface area (Å²) in [5.41, 5.74) is 1.06. The number of aromatic nitrogens is 1. The molecule has 3 rings (SSSR count). The Hall–Kier alpha value is -0.870. The lowest BCUT2D eigenvalue weighted by molar-refractivity contribution is 0.225. The van der Waals surface area contributed by atoms with E-state index < -0.39 is 0 Å². The van der Waals surface area contributed by atoms with Crippen LogP contribution in [0.15, 0.2) is 10.6 Å². The highest BCUT2D eigenvalue weighted by Crippen LogP contribution is 2.40. The molecule has 1 aliphatic carbocycles. The molecule has 1 aliphatic heterocycles. The van der Waals surface area contributed by atoms with Crippen LogP contribution in [0.5, 0.6) is 0 Å². The topological polar surface area (TPSA) is 41.3 Å². The lowest BCUT2D eigenvalue weighted by Gasteiger charge is -2.26. The molecule has 0 aromatic carbocycles. The molecule has 4 heteroatoms. The first-order chi connectivity index (χ1) is 9.42. The number of nitrogens with one attached hydrogen (secondary N) is 1. The number of hydrogen-bond donors (Lipinski definition) is 1. The highest BCUT2D eigenvalue weighted by molar-refractivity contribution is 5.14. The first-order valence-electron chi connectivity index (χ1n) is 7.80. The highest BCUT2D eigenvalue weighted by atomic mass is 16.5. The summed E-state index contributed by atoms with van der Waals surface area (Å²) in [7, 11) is 0. The van der Waals surface area contributed by atoms with Crippen LogP contribution in [0.25, 0.3) is 0 Å². The van der Waals surface area contributed by atoms with Crippen molar-refractivity contribution in [2.75, 3.05) is 26.2 Å². The van der Waals surface area contributed by atoms with E-state index in [1.807, 2.05) is 0 Å². The monoisotopic (exact) mass is 263 g/mol. The number of nitrogens with zero attached hydrogens (tertiary/aromatic N) is 2. The molecule has 2 heterocycles. The third kappa shape index (κ3) is 4.05. The van der Waals surface area contributed by atoms with Gasteiger partial charge in [-0.05, 0) is 58.3 Å². The minimum Gasteiger partial charge on any atom is -0.361 e. The zero-order chi connectivity index (χ0) is 12.9. The molecule has 2 aliphatic rings. The van der Waals surface area contributed by atoms with Gasteiger partial charge in [0.1, 0.15) is 5.76 Å². The average Bonchev–Trinajstić information content (AvgIpc) is 3.20. The van der Waals surface area contributed by atoms with Crippen LogP contribution in [0.4, 0.5) is 0 Å². The molecular formula is C15H25N3O. The van der Waals surface area contributed by atoms with Gasteiger partial charge in [-0.15, -0.1) is 0 Å². The molecule has 1 N–H and O–H groups in total. The van der Waals surface area contributed by atoms with Crippen molar-refractivity contribution in [3.63, 3.8) is 0 Å². The van der Waals surface area contributed by atoms with Gasteiger partial charge in [0.15, 0.2) is 0 Å². The molecule has 1 aromatic rings. The summed E-state index contributed by atoms with van der Waals surface area (Å²) in [5, 5.41) is 7.58. The smallest absolute Gasteiger partial charge is 0.140 e. The Kier molecular flexibility index (Phi) is 4.51. The van der Waals surface area contributed by atoms with E-state index in [0.717, 1.165) is 24.5 Å². The number of rotatable bonds is 7. The highest BCUT2D eigenvalue weighted by Gasteiger charge is 2.27. The van der Waals surface area contributed by atoms with Gasteiger partial charge >= 0.3 is 0 Å². The second-order valence-corrected chi connectivity index (χ2v) is 5.93. The van der Waals surface area contributed by atoms with Gasteiger partial charge in [-0.25, -0.2) is 0 Å².